The second-order valence-electron chi connectivity index (χ2n) is 4.66. The van der Waals surface area contributed by atoms with Crippen molar-refractivity contribution >= 4 is 33.4 Å². The zero-order chi connectivity index (χ0) is 15.9. The van der Waals surface area contributed by atoms with Gasteiger partial charge in [0.2, 0.25) is 0 Å². The molecule has 0 aliphatic carbocycles. The summed E-state index contributed by atoms with van der Waals surface area (Å²) in [6, 6.07) is 10.9. The number of benzene rings is 1. The van der Waals surface area contributed by atoms with Crippen LogP contribution in [0.25, 0.3) is 0 Å². The Morgan fingerprint density at radius 3 is 2.86 bits per heavy atom. The highest BCUT2D eigenvalue weighted by Crippen LogP contribution is 2.23. The lowest BCUT2D eigenvalue weighted by atomic mass is 10.2. The molecule has 0 aliphatic heterocycles. The van der Waals surface area contributed by atoms with Gasteiger partial charge in [-0.2, -0.15) is 0 Å². The Kier molecular flexibility index (Phi) is 6.36. The number of hydrogen-bond acceptors (Lipinski definition) is 3. The molecule has 2 rings (SSSR count). The van der Waals surface area contributed by atoms with E-state index in [2.05, 4.69) is 20.9 Å². The molecule has 2 aromatic rings. The number of methoxy groups -OCH3 is 1. The molecule has 0 bridgehead atoms. The van der Waals surface area contributed by atoms with Crippen molar-refractivity contribution in [3.8, 4) is 0 Å². The van der Waals surface area contributed by atoms with Gasteiger partial charge >= 0.3 is 0 Å². The molecule has 0 atom stereocenters. The lowest BCUT2D eigenvalue weighted by Gasteiger charge is -2.22. The van der Waals surface area contributed by atoms with Gasteiger partial charge in [-0.1, -0.05) is 33.6 Å². The van der Waals surface area contributed by atoms with E-state index in [0.717, 1.165) is 10.2 Å². The number of aromatic nitrogens is 1. The van der Waals surface area contributed by atoms with Crippen LogP contribution in [0.3, 0.4) is 0 Å². The summed E-state index contributed by atoms with van der Waals surface area (Å²) in [5.74, 6) is -0.144. The van der Waals surface area contributed by atoms with Gasteiger partial charge in [-0.3, -0.25) is 9.78 Å². The fourth-order valence-electron chi connectivity index (χ4n) is 1.97. The first-order valence-corrected chi connectivity index (χ1v) is 7.92. The smallest absolute Gasteiger partial charge is 0.255 e. The van der Waals surface area contributed by atoms with E-state index < -0.39 is 0 Å². The first-order chi connectivity index (χ1) is 10.6. The van der Waals surface area contributed by atoms with E-state index in [1.54, 1.807) is 36.4 Å². The molecule has 0 fully saturated rings. The molecule has 4 nitrogen and oxygen atoms in total. The minimum Gasteiger partial charge on any atom is -0.383 e. The van der Waals surface area contributed by atoms with Gasteiger partial charge in [-0.05, 0) is 30.3 Å². The van der Waals surface area contributed by atoms with Gasteiger partial charge in [0, 0.05) is 24.3 Å². The Hall–Kier alpha value is -1.43. The number of hydrogen-bond donors (Lipinski definition) is 0. The lowest BCUT2D eigenvalue weighted by molar-refractivity contribution is 0.0678. The minimum atomic E-state index is -0.144. The number of halogens is 2. The summed E-state index contributed by atoms with van der Waals surface area (Å²) >= 11 is 9.52. The number of carbonyl (C=O) groups excluding carboxylic acids is 1. The van der Waals surface area contributed by atoms with Crippen molar-refractivity contribution in [3.05, 3.63) is 63.3 Å². The van der Waals surface area contributed by atoms with E-state index in [1.165, 1.54) is 0 Å². The number of rotatable bonds is 6. The van der Waals surface area contributed by atoms with Crippen LogP contribution in [0.4, 0.5) is 0 Å². The molecule has 0 N–H and O–H groups in total. The molecule has 0 spiro atoms. The SMILES string of the molecule is COCCN(Cc1ccccn1)C(=O)c1cc(Br)ccc1Cl. The van der Waals surface area contributed by atoms with Crippen LogP contribution >= 0.6 is 27.5 Å². The van der Waals surface area contributed by atoms with E-state index in [1.807, 2.05) is 18.2 Å². The Labute approximate surface area is 143 Å². The third-order valence-electron chi connectivity index (χ3n) is 3.09. The predicted molar refractivity (Wildman–Crippen MR) is 90.0 cm³/mol. The van der Waals surface area contributed by atoms with Gasteiger partial charge in [-0.25, -0.2) is 0 Å². The number of ether oxygens (including phenoxy) is 1. The van der Waals surface area contributed by atoms with Gasteiger partial charge in [0.25, 0.3) is 5.91 Å². The summed E-state index contributed by atoms with van der Waals surface area (Å²) in [5, 5.41) is 0.427. The van der Waals surface area contributed by atoms with Crippen LogP contribution < -0.4 is 0 Å². The molecule has 0 saturated carbocycles. The molecular formula is C16H16BrClN2O2. The van der Waals surface area contributed by atoms with Crippen LogP contribution in [0.15, 0.2) is 47.1 Å². The van der Waals surface area contributed by atoms with E-state index in [9.17, 15) is 4.79 Å². The molecule has 1 heterocycles. The second-order valence-corrected chi connectivity index (χ2v) is 5.99. The highest BCUT2D eigenvalue weighted by Gasteiger charge is 2.19. The van der Waals surface area contributed by atoms with E-state index >= 15 is 0 Å². The van der Waals surface area contributed by atoms with E-state index in [-0.39, 0.29) is 5.91 Å². The fraction of sp³-hybridized carbons (Fsp3) is 0.250. The molecule has 0 unspecified atom stereocenters. The zero-order valence-electron chi connectivity index (χ0n) is 12.1. The molecular weight excluding hydrogens is 368 g/mol. The second kappa shape index (κ2) is 8.27. The number of nitrogens with zero attached hydrogens (tertiary/aromatic N) is 2. The van der Waals surface area contributed by atoms with Gasteiger partial charge < -0.3 is 9.64 Å². The molecule has 0 aliphatic rings. The lowest BCUT2D eigenvalue weighted by Crippen LogP contribution is -2.34. The summed E-state index contributed by atoms with van der Waals surface area (Å²) < 4.78 is 5.90. The fourth-order valence-corrected chi connectivity index (χ4v) is 2.53. The topological polar surface area (TPSA) is 42.4 Å². The van der Waals surface area contributed by atoms with Gasteiger partial charge in [0.15, 0.2) is 0 Å². The maximum Gasteiger partial charge on any atom is 0.255 e. The van der Waals surface area contributed by atoms with Crippen molar-refractivity contribution in [1.82, 2.24) is 9.88 Å². The molecule has 1 aromatic carbocycles. The van der Waals surface area contributed by atoms with Crippen molar-refractivity contribution in [2.45, 2.75) is 6.54 Å². The van der Waals surface area contributed by atoms with Crippen molar-refractivity contribution in [2.24, 2.45) is 0 Å². The van der Waals surface area contributed by atoms with Crippen LogP contribution in [0.2, 0.25) is 5.02 Å². The summed E-state index contributed by atoms with van der Waals surface area (Å²) in [7, 11) is 1.61. The van der Waals surface area contributed by atoms with E-state index in [0.29, 0.717) is 30.3 Å². The quantitative estimate of drug-likeness (QED) is 0.762. The van der Waals surface area contributed by atoms with Crippen LogP contribution in [-0.2, 0) is 11.3 Å². The molecule has 116 valence electrons. The van der Waals surface area contributed by atoms with Gasteiger partial charge in [0.1, 0.15) is 0 Å². The Bertz CT molecular complexity index is 637. The third kappa shape index (κ3) is 4.53. The maximum atomic E-state index is 12.8. The minimum absolute atomic E-state index is 0.144. The molecule has 6 heteroatoms. The molecule has 1 aromatic heterocycles. The zero-order valence-corrected chi connectivity index (χ0v) is 14.5. The van der Waals surface area contributed by atoms with Gasteiger partial charge in [-0.15, -0.1) is 0 Å². The van der Waals surface area contributed by atoms with Crippen molar-refractivity contribution in [2.75, 3.05) is 20.3 Å². The summed E-state index contributed by atoms with van der Waals surface area (Å²) in [6.07, 6.45) is 1.71. The number of carbonyl (C=O) groups is 1. The monoisotopic (exact) mass is 382 g/mol. The first kappa shape index (κ1) is 16.9. The predicted octanol–water partition coefficient (Wildman–Crippen LogP) is 3.79. The highest BCUT2D eigenvalue weighted by molar-refractivity contribution is 9.10. The Balaban J connectivity index is 2.24. The van der Waals surface area contributed by atoms with Crippen LogP contribution in [0, 0.1) is 0 Å². The first-order valence-electron chi connectivity index (χ1n) is 6.75. The summed E-state index contributed by atoms with van der Waals surface area (Å²) in [5.41, 5.74) is 1.28. The summed E-state index contributed by atoms with van der Waals surface area (Å²) in [6.45, 7) is 1.32. The third-order valence-corrected chi connectivity index (χ3v) is 3.91. The largest absolute Gasteiger partial charge is 0.383 e. The van der Waals surface area contributed by atoms with Crippen LogP contribution in [-0.4, -0.2) is 36.1 Å². The van der Waals surface area contributed by atoms with Crippen LogP contribution in [0.1, 0.15) is 16.1 Å². The normalized spacial score (nSPS) is 10.5. The van der Waals surface area contributed by atoms with Crippen molar-refractivity contribution in [1.29, 1.82) is 0 Å². The summed E-state index contributed by atoms with van der Waals surface area (Å²) in [4.78, 5) is 18.7. The van der Waals surface area contributed by atoms with Gasteiger partial charge in [0.05, 0.1) is 29.4 Å². The average molecular weight is 384 g/mol. The van der Waals surface area contributed by atoms with Crippen molar-refractivity contribution < 1.29 is 9.53 Å². The van der Waals surface area contributed by atoms with E-state index in [4.69, 9.17) is 16.3 Å². The molecule has 22 heavy (non-hydrogen) atoms. The molecule has 1 amide bonds. The number of pyridine rings is 1. The maximum absolute atomic E-state index is 12.8. The van der Waals surface area contributed by atoms with Crippen LogP contribution in [0.5, 0.6) is 0 Å². The Morgan fingerprint density at radius 1 is 1.36 bits per heavy atom. The standard InChI is InChI=1S/C16H16BrClN2O2/c1-22-9-8-20(11-13-4-2-3-7-19-13)16(21)14-10-12(17)5-6-15(14)18/h2-7,10H,8-9,11H2,1H3. The average Bonchev–Trinajstić information content (AvgIpc) is 2.54. The molecule has 0 radical (unpaired) electrons. The Morgan fingerprint density at radius 2 is 2.18 bits per heavy atom. The molecule has 0 saturated heterocycles. The number of amides is 1. The van der Waals surface area contributed by atoms with Crippen molar-refractivity contribution in [3.63, 3.8) is 0 Å². The highest BCUT2D eigenvalue weighted by atomic mass is 79.9.